The van der Waals surface area contributed by atoms with Crippen LogP contribution in [0.15, 0.2) is 29.5 Å². The number of piperazine rings is 1. The molecule has 3 aromatic rings. The van der Waals surface area contributed by atoms with Crippen LogP contribution in [0.1, 0.15) is 6.42 Å². The predicted molar refractivity (Wildman–Crippen MR) is 155 cm³/mol. The quantitative estimate of drug-likeness (QED) is 0.385. The van der Waals surface area contributed by atoms with Gasteiger partial charge in [0.05, 0.1) is 39.3 Å². The summed E-state index contributed by atoms with van der Waals surface area (Å²) in [6.45, 7) is 9.81. The Morgan fingerprint density at radius 2 is 1.86 bits per heavy atom. The van der Waals surface area contributed by atoms with Gasteiger partial charge in [-0.15, -0.1) is 4.99 Å². The third-order valence-corrected chi connectivity index (χ3v) is 7.68. The molecule has 224 valence electrons. The Kier molecular flexibility index (Phi) is 8.63. The van der Waals surface area contributed by atoms with Crippen LogP contribution in [0.25, 0.3) is 10.9 Å². The zero-order chi connectivity index (χ0) is 28.9. The van der Waals surface area contributed by atoms with Crippen LogP contribution >= 0.6 is 0 Å². The molecule has 2 fully saturated rings. The molecular formula is C28H37N9O5. The minimum Gasteiger partial charge on any atom is -0.491 e. The fourth-order valence-corrected chi connectivity index (χ4v) is 5.38. The second-order valence-electron chi connectivity index (χ2n) is 10.5. The molecule has 14 nitrogen and oxygen atoms in total. The topological polar surface area (TPSA) is 132 Å². The van der Waals surface area contributed by atoms with Gasteiger partial charge in [-0.3, -0.25) is 9.47 Å². The molecular weight excluding hydrogens is 542 g/mol. The fraction of sp³-hybridized carbons (Fsp3) is 0.536. The Bertz CT molecular complexity index is 1470. The molecule has 5 heterocycles. The van der Waals surface area contributed by atoms with Crippen molar-refractivity contribution < 1.29 is 23.7 Å². The molecule has 0 radical (unpaired) electrons. The first kappa shape index (κ1) is 28.1. The van der Waals surface area contributed by atoms with Crippen molar-refractivity contribution in [2.45, 2.75) is 13.0 Å². The number of hydrogen-bond donors (Lipinski definition) is 1. The normalized spacial score (nSPS) is 18.1. The minimum atomic E-state index is -0.811. The van der Waals surface area contributed by atoms with E-state index < -0.39 is 6.09 Å². The van der Waals surface area contributed by atoms with E-state index in [0.29, 0.717) is 42.7 Å². The standard InChI is InChI=1S/C28H37N9O5/c1-34-9-11-36(12-10-34)26-30-18-20(19-31-26)42-28(38)33-27-32-23-21(25-29-6-8-37(25)27)4-5-22(24(23)39-2)41-15-3-7-35-13-16-40-17-14-35/h4-5,18-19,29H,3,6-17H2,1-2H3. The Morgan fingerprint density at radius 1 is 1.07 bits per heavy atom. The summed E-state index contributed by atoms with van der Waals surface area (Å²) in [4.78, 5) is 37.3. The van der Waals surface area contributed by atoms with Crippen LogP contribution in [-0.2, 0) is 11.3 Å². The Hall–Kier alpha value is -4.01. The van der Waals surface area contributed by atoms with Gasteiger partial charge in [-0.05, 0) is 25.6 Å². The highest BCUT2D eigenvalue weighted by molar-refractivity contribution is 5.95. The SMILES string of the molecule is COc1c(OCCCN2CCOCC2)ccc2c3n(c(=NC(=O)Oc4cnc(N5CCN(C)CC5)nc4)nc12)CCN3. The van der Waals surface area contributed by atoms with E-state index in [1.807, 2.05) is 16.7 Å². The molecule has 2 saturated heterocycles. The number of carbonyl (C=O) groups excluding carboxylic acids is 1. The Balaban J connectivity index is 1.19. The molecule has 0 unspecified atom stereocenters. The molecule has 0 atom stereocenters. The van der Waals surface area contributed by atoms with E-state index in [2.05, 4.69) is 42.0 Å². The van der Waals surface area contributed by atoms with E-state index in [1.54, 1.807) is 7.11 Å². The van der Waals surface area contributed by atoms with Gasteiger partial charge in [0, 0.05) is 64.3 Å². The van der Waals surface area contributed by atoms with Gasteiger partial charge in [0.25, 0.3) is 0 Å². The number of fused-ring (bicyclic) bond motifs is 3. The number of benzene rings is 1. The van der Waals surface area contributed by atoms with Crippen molar-refractivity contribution in [2.75, 3.05) is 96.6 Å². The average Bonchev–Trinajstić information content (AvgIpc) is 3.51. The average molecular weight is 580 g/mol. The summed E-state index contributed by atoms with van der Waals surface area (Å²) in [5.41, 5.74) is 0.764. The lowest BCUT2D eigenvalue weighted by Crippen LogP contribution is -2.45. The summed E-state index contributed by atoms with van der Waals surface area (Å²) in [7, 11) is 3.68. The third kappa shape index (κ3) is 6.25. The van der Waals surface area contributed by atoms with Crippen molar-refractivity contribution in [2.24, 2.45) is 4.99 Å². The van der Waals surface area contributed by atoms with E-state index >= 15 is 0 Å². The summed E-state index contributed by atoms with van der Waals surface area (Å²) >= 11 is 0. The zero-order valence-electron chi connectivity index (χ0n) is 24.1. The highest BCUT2D eigenvalue weighted by atomic mass is 16.5. The summed E-state index contributed by atoms with van der Waals surface area (Å²) in [5.74, 6) is 2.72. The van der Waals surface area contributed by atoms with Gasteiger partial charge >= 0.3 is 6.09 Å². The van der Waals surface area contributed by atoms with Gasteiger partial charge in [0.2, 0.25) is 11.6 Å². The molecule has 0 saturated carbocycles. The van der Waals surface area contributed by atoms with Crippen molar-refractivity contribution in [1.29, 1.82) is 0 Å². The lowest BCUT2D eigenvalue weighted by molar-refractivity contribution is 0.0357. The van der Waals surface area contributed by atoms with Crippen molar-refractivity contribution >= 4 is 28.8 Å². The number of aromatic nitrogens is 4. The van der Waals surface area contributed by atoms with Gasteiger partial charge in [-0.2, -0.15) is 0 Å². The van der Waals surface area contributed by atoms with Crippen LogP contribution in [0.5, 0.6) is 17.2 Å². The predicted octanol–water partition coefficient (Wildman–Crippen LogP) is 1.21. The summed E-state index contributed by atoms with van der Waals surface area (Å²) in [6.07, 6.45) is 3.05. The number of carbonyl (C=O) groups is 1. The van der Waals surface area contributed by atoms with E-state index in [1.165, 1.54) is 12.4 Å². The number of hydrogen-bond acceptors (Lipinski definition) is 12. The maximum atomic E-state index is 12.9. The van der Waals surface area contributed by atoms with Crippen molar-refractivity contribution in [1.82, 2.24) is 29.3 Å². The monoisotopic (exact) mass is 579 g/mol. The molecule has 0 bridgehead atoms. The second kappa shape index (κ2) is 12.9. The van der Waals surface area contributed by atoms with Gasteiger partial charge < -0.3 is 34.1 Å². The van der Waals surface area contributed by atoms with Crippen LogP contribution in [0.4, 0.5) is 16.6 Å². The zero-order valence-corrected chi connectivity index (χ0v) is 24.1. The number of anilines is 2. The number of methoxy groups -OCH3 is 1. The highest BCUT2D eigenvalue weighted by Gasteiger charge is 2.22. The molecule has 14 heteroatoms. The van der Waals surface area contributed by atoms with Gasteiger partial charge in [-0.1, -0.05) is 0 Å². The molecule has 1 aromatic carbocycles. The van der Waals surface area contributed by atoms with Gasteiger partial charge in [0.1, 0.15) is 11.3 Å². The van der Waals surface area contributed by atoms with Crippen LogP contribution in [-0.4, -0.2) is 122 Å². The van der Waals surface area contributed by atoms with E-state index in [0.717, 1.165) is 76.7 Å². The number of ether oxygens (including phenoxy) is 4. The summed E-state index contributed by atoms with van der Waals surface area (Å²) in [5, 5.41) is 4.23. The van der Waals surface area contributed by atoms with Gasteiger partial charge in [-0.25, -0.2) is 19.7 Å². The first-order valence-corrected chi connectivity index (χ1v) is 14.4. The number of rotatable bonds is 8. The smallest absolute Gasteiger partial charge is 0.442 e. The first-order valence-electron chi connectivity index (χ1n) is 14.4. The lowest BCUT2D eigenvalue weighted by atomic mass is 10.2. The number of nitrogens with zero attached hydrogens (tertiary/aromatic N) is 8. The lowest BCUT2D eigenvalue weighted by Gasteiger charge is -2.32. The van der Waals surface area contributed by atoms with E-state index in [4.69, 9.17) is 23.9 Å². The number of amides is 1. The molecule has 1 N–H and O–H groups in total. The maximum Gasteiger partial charge on any atom is 0.442 e. The first-order chi connectivity index (χ1) is 20.6. The largest absolute Gasteiger partial charge is 0.491 e. The maximum absolute atomic E-state index is 12.9. The van der Waals surface area contributed by atoms with Gasteiger partial charge in [0.15, 0.2) is 17.2 Å². The van der Waals surface area contributed by atoms with Crippen LogP contribution in [0.2, 0.25) is 0 Å². The van der Waals surface area contributed by atoms with Crippen LogP contribution in [0, 0.1) is 0 Å². The molecule has 3 aliphatic rings. The van der Waals surface area contributed by atoms with Crippen molar-refractivity contribution in [3.63, 3.8) is 0 Å². The van der Waals surface area contributed by atoms with E-state index in [-0.39, 0.29) is 11.4 Å². The van der Waals surface area contributed by atoms with Crippen LogP contribution < -0.4 is 30.0 Å². The van der Waals surface area contributed by atoms with Crippen LogP contribution in [0.3, 0.4) is 0 Å². The molecule has 3 aliphatic heterocycles. The third-order valence-electron chi connectivity index (χ3n) is 7.68. The summed E-state index contributed by atoms with van der Waals surface area (Å²) in [6, 6.07) is 3.85. The Morgan fingerprint density at radius 3 is 2.62 bits per heavy atom. The number of nitrogens with one attached hydrogen (secondary N) is 1. The molecule has 2 aromatic heterocycles. The number of likely N-dealkylation sites (N-methyl/N-ethyl adjacent to an activating group) is 1. The van der Waals surface area contributed by atoms with Crippen molar-refractivity contribution in [3.8, 4) is 17.2 Å². The second-order valence-corrected chi connectivity index (χ2v) is 10.5. The highest BCUT2D eigenvalue weighted by Crippen LogP contribution is 2.37. The van der Waals surface area contributed by atoms with Crippen molar-refractivity contribution in [3.05, 3.63) is 30.1 Å². The molecule has 42 heavy (non-hydrogen) atoms. The molecule has 0 spiro atoms. The molecule has 0 aliphatic carbocycles. The van der Waals surface area contributed by atoms with E-state index in [9.17, 15) is 4.79 Å². The summed E-state index contributed by atoms with van der Waals surface area (Å²) < 4.78 is 24.6. The fourth-order valence-electron chi connectivity index (χ4n) is 5.38. The minimum absolute atomic E-state index is 0.213. The Labute approximate surface area is 243 Å². The molecule has 1 amide bonds. The molecule has 6 rings (SSSR count). The number of morpholine rings is 1.